The number of benzene rings is 1. The first-order valence-corrected chi connectivity index (χ1v) is 6.79. The van der Waals surface area contributed by atoms with E-state index < -0.39 is 0 Å². The zero-order chi connectivity index (χ0) is 13.3. The Balaban J connectivity index is 2.37. The summed E-state index contributed by atoms with van der Waals surface area (Å²) in [6.45, 7) is 5.04. The number of morpholine rings is 1. The maximum Gasteiger partial charge on any atom is 0.147 e. The van der Waals surface area contributed by atoms with Crippen LogP contribution in [0.2, 0.25) is 0 Å². The summed E-state index contributed by atoms with van der Waals surface area (Å²) >= 11 is 3.24. The first-order chi connectivity index (χ1) is 8.51. The summed E-state index contributed by atoms with van der Waals surface area (Å²) in [4.78, 5) is 1.95. The Hall–Kier alpha value is -0.650. The van der Waals surface area contributed by atoms with Gasteiger partial charge in [-0.2, -0.15) is 0 Å². The highest BCUT2D eigenvalue weighted by molar-refractivity contribution is 9.10. The maximum atomic E-state index is 14.1. The van der Waals surface area contributed by atoms with Crippen molar-refractivity contribution < 1.29 is 14.2 Å². The summed E-state index contributed by atoms with van der Waals surface area (Å²) in [5.41, 5.74) is 1.09. The Kier molecular flexibility index (Phi) is 4.25. The Morgan fingerprint density at radius 3 is 2.56 bits per heavy atom. The molecule has 2 atom stereocenters. The molecule has 3 nitrogen and oxygen atoms in total. The van der Waals surface area contributed by atoms with E-state index >= 15 is 0 Å². The number of nitrogens with zero attached hydrogens (tertiary/aromatic N) is 1. The fourth-order valence-electron chi connectivity index (χ4n) is 2.45. The number of aliphatic hydroxyl groups excluding tert-OH is 1. The third kappa shape index (κ3) is 2.84. The van der Waals surface area contributed by atoms with Crippen molar-refractivity contribution >= 4 is 21.6 Å². The molecule has 0 bridgehead atoms. The fourth-order valence-corrected chi connectivity index (χ4v) is 2.93. The van der Waals surface area contributed by atoms with Crippen LogP contribution in [0.4, 0.5) is 10.1 Å². The largest absolute Gasteiger partial charge is 0.392 e. The first kappa shape index (κ1) is 13.8. The van der Waals surface area contributed by atoms with E-state index in [9.17, 15) is 9.50 Å². The molecule has 1 aliphatic rings. The van der Waals surface area contributed by atoms with Crippen LogP contribution >= 0.6 is 15.9 Å². The lowest BCUT2D eigenvalue weighted by atomic mass is 10.1. The van der Waals surface area contributed by atoms with Gasteiger partial charge in [-0.25, -0.2) is 4.39 Å². The van der Waals surface area contributed by atoms with Gasteiger partial charge in [-0.15, -0.1) is 0 Å². The molecular weight excluding hydrogens is 301 g/mol. The molecule has 1 aromatic carbocycles. The summed E-state index contributed by atoms with van der Waals surface area (Å²) < 4.78 is 20.4. The SMILES string of the molecule is C[C@@H]1CN(c2c(F)cc(Br)cc2CO)C[C@H](C)O1. The van der Waals surface area contributed by atoms with Crippen molar-refractivity contribution in [1.82, 2.24) is 0 Å². The van der Waals surface area contributed by atoms with Gasteiger partial charge in [0.15, 0.2) is 0 Å². The van der Waals surface area contributed by atoms with Crippen LogP contribution in [-0.4, -0.2) is 30.4 Å². The molecule has 0 amide bonds. The van der Waals surface area contributed by atoms with Gasteiger partial charge < -0.3 is 14.7 Å². The Bertz CT molecular complexity index is 431. The normalized spacial score (nSPS) is 24.4. The van der Waals surface area contributed by atoms with Gasteiger partial charge in [-0.1, -0.05) is 15.9 Å². The maximum absolute atomic E-state index is 14.1. The summed E-state index contributed by atoms with van der Waals surface area (Å²) in [6.07, 6.45) is 0.117. The van der Waals surface area contributed by atoms with Crippen LogP contribution in [0.3, 0.4) is 0 Å². The minimum absolute atomic E-state index is 0.0586. The Labute approximate surface area is 115 Å². The van der Waals surface area contributed by atoms with Crippen LogP contribution in [0.15, 0.2) is 16.6 Å². The van der Waals surface area contributed by atoms with Crippen LogP contribution in [0.1, 0.15) is 19.4 Å². The molecule has 1 N–H and O–H groups in total. The number of halogens is 2. The number of anilines is 1. The number of hydrogen-bond donors (Lipinski definition) is 1. The lowest BCUT2D eigenvalue weighted by molar-refractivity contribution is -0.00550. The van der Waals surface area contributed by atoms with Gasteiger partial charge in [-0.3, -0.25) is 0 Å². The third-order valence-corrected chi connectivity index (χ3v) is 3.47. The molecule has 2 rings (SSSR count). The zero-order valence-corrected chi connectivity index (χ0v) is 12.1. The second-order valence-corrected chi connectivity index (χ2v) is 5.63. The third-order valence-electron chi connectivity index (χ3n) is 3.01. The molecule has 1 fully saturated rings. The number of rotatable bonds is 2. The predicted molar refractivity (Wildman–Crippen MR) is 72.2 cm³/mol. The molecule has 1 heterocycles. The minimum atomic E-state index is -0.310. The lowest BCUT2D eigenvalue weighted by Gasteiger charge is -2.37. The first-order valence-electron chi connectivity index (χ1n) is 6.00. The molecule has 0 aromatic heterocycles. The molecule has 0 unspecified atom stereocenters. The molecule has 0 aliphatic carbocycles. The van der Waals surface area contributed by atoms with Crippen molar-refractivity contribution in [3.05, 3.63) is 28.0 Å². The van der Waals surface area contributed by atoms with Crippen molar-refractivity contribution in [1.29, 1.82) is 0 Å². The molecule has 0 spiro atoms. The molecule has 0 saturated carbocycles. The molecule has 1 aliphatic heterocycles. The van der Waals surface area contributed by atoms with Crippen LogP contribution in [0, 0.1) is 5.82 Å². The van der Waals surface area contributed by atoms with Crippen LogP contribution in [0.25, 0.3) is 0 Å². The second-order valence-electron chi connectivity index (χ2n) is 4.72. The molecule has 18 heavy (non-hydrogen) atoms. The monoisotopic (exact) mass is 317 g/mol. The minimum Gasteiger partial charge on any atom is -0.392 e. The van der Waals surface area contributed by atoms with E-state index in [1.54, 1.807) is 6.07 Å². The van der Waals surface area contributed by atoms with Crippen LogP contribution < -0.4 is 4.90 Å². The molecule has 1 saturated heterocycles. The van der Waals surface area contributed by atoms with Crippen molar-refractivity contribution in [3.8, 4) is 0 Å². The highest BCUT2D eigenvalue weighted by Gasteiger charge is 2.26. The summed E-state index contributed by atoms with van der Waals surface area (Å²) in [5.74, 6) is -0.310. The van der Waals surface area contributed by atoms with Gasteiger partial charge in [0, 0.05) is 23.1 Å². The Morgan fingerprint density at radius 1 is 1.39 bits per heavy atom. The van der Waals surface area contributed by atoms with E-state index in [1.807, 2.05) is 18.7 Å². The molecule has 5 heteroatoms. The van der Waals surface area contributed by atoms with E-state index in [0.29, 0.717) is 28.8 Å². The van der Waals surface area contributed by atoms with Gasteiger partial charge in [0.1, 0.15) is 5.82 Å². The van der Waals surface area contributed by atoms with Gasteiger partial charge in [0.25, 0.3) is 0 Å². The lowest BCUT2D eigenvalue weighted by Crippen LogP contribution is -2.46. The zero-order valence-electron chi connectivity index (χ0n) is 10.5. The molecule has 1 aromatic rings. The van der Waals surface area contributed by atoms with Gasteiger partial charge >= 0.3 is 0 Å². The summed E-state index contributed by atoms with van der Waals surface area (Å²) in [7, 11) is 0. The van der Waals surface area contributed by atoms with E-state index in [0.717, 1.165) is 0 Å². The van der Waals surface area contributed by atoms with Gasteiger partial charge in [0.05, 0.1) is 24.5 Å². The molecule has 0 radical (unpaired) electrons. The van der Waals surface area contributed by atoms with Gasteiger partial charge in [-0.05, 0) is 26.0 Å². The standard InChI is InChI=1S/C13H17BrFNO2/c1-8-5-16(6-9(2)18-8)13-10(7-17)3-11(14)4-12(13)15/h3-4,8-9,17H,5-7H2,1-2H3/t8-,9+. The van der Waals surface area contributed by atoms with Crippen LogP contribution in [0.5, 0.6) is 0 Å². The van der Waals surface area contributed by atoms with E-state index in [4.69, 9.17) is 4.74 Å². The van der Waals surface area contributed by atoms with Crippen molar-refractivity contribution in [2.24, 2.45) is 0 Å². The van der Waals surface area contributed by atoms with Crippen LogP contribution in [-0.2, 0) is 11.3 Å². The van der Waals surface area contributed by atoms with E-state index in [-0.39, 0.29) is 24.6 Å². The summed E-state index contributed by atoms with van der Waals surface area (Å²) in [5, 5.41) is 9.38. The predicted octanol–water partition coefficient (Wildman–Crippen LogP) is 2.69. The topological polar surface area (TPSA) is 32.7 Å². The average Bonchev–Trinajstić information content (AvgIpc) is 2.26. The smallest absolute Gasteiger partial charge is 0.147 e. The van der Waals surface area contributed by atoms with E-state index in [1.165, 1.54) is 6.07 Å². The summed E-state index contributed by atoms with van der Waals surface area (Å²) in [6, 6.07) is 3.18. The molecule has 100 valence electrons. The number of ether oxygens (including phenoxy) is 1. The fraction of sp³-hybridized carbons (Fsp3) is 0.538. The quantitative estimate of drug-likeness (QED) is 0.910. The number of hydrogen-bond acceptors (Lipinski definition) is 3. The van der Waals surface area contributed by atoms with Gasteiger partial charge in [0.2, 0.25) is 0 Å². The second kappa shape index (κ2) is 5.55. The highest BCUT2D eigenvalue weighted by Crippen LogP contribution is 2.30. The Morgan fingerprint density at radius 2 is 2.00 bits per heavy atom. The molecular formula is C13H17BrFNO2. The van der Waals surface area contributed by atoms with Crippen molar-refractivity contribution in [2.75, 3.05) is 18.0 Å². The van der Waals surface area contributed by atoms with Crippen molar-refractivity contribution in [2.45, 2.75) is 32.7 Å². The van der Waals surface area contributed by atoms with E-state index in [2.05, 4.69) is 15.9 Å². The van der Waals surface area contributed by atoms with Crippen molar-refractivity contribution in [3.63, 3.8) is 0 Å². The highest BCUT2D eigenvalue weighted by atomic mass is 79.9. The average molecular weight is 318 g/mol. The number of aliphatic hydroxyl groups is 1.